The molecule has 2 aliphatic rings. The van der Waals surface area contributed by atoms with Gasteiger partial charge in [-0.15, -0.1) is 0 Å². The first-order valence-electron chi connectivity index (χ1n) is 13.2. The van der Waals surface area contributed by atoms with Crippen LogP contribution < -0.4 is 5.32 Å². The lowest BCUT2D eigenvalue weighted by atomic mass is 9.81. The summed E-state index contributed by atoms with van der Waals surface area (Å²) in [6, 6.07) is 14.7. The van der Waals surface area contributed by atoms with Gasteiger partial charge in [-0.3, -0.25) is 4.79 Å². The molecule has 5 nitrogen and oxygen atoms in total. The molecule has 1 aliphatic carbocycles. The summed E-state index contributed by atoms with van der Waals surface area (Å²) in [6.07, 6.45) is 5.51. The third-order valence-electron chi connectivity index (χ3n) is 7.78. The molecule has 188 valence electrons. The molecule has 2 aromatic rings. The van der Waals surface area contributed by atoms with E-state index in [2.05, 4.69) is 87.3 Å². The second-order valence-electron chi connectivity index (χ2n) is 11.2. The maximum atomic E-state index is 13.7. The van der Waals surface area contributed by atoms with Crippen LogP contribution in [0.2, 0.25) is 0 Å². The fraction of sp³-hybridized carbons (Fsp3) is 0.533. The number of aryl methyl sites for hydroxylation is 1. The summed E-state index contributed by atoms with van der Waals surface area (Å²) in [5.41, 5.74) is 5.39. The van der Waals surface area contributed by atoms with Crippen molar-refractivity contribution in [2.75, 3.05) is 18.4 Å². The van der Waals surface area contributed by atoms with Crippen LogP contribution >= 0.6 is 0 Å². The van der Waals surface area contributed by atoms with Gasteiger partial charge in [-0.05, 0) is 48.3 Å². The van der Waals surface area contributed by atoms with E-state index in [4.69, 9.17) is 0 Å². The van der Waals surface area contributed by atoms with Crippen molar-refractivity contribution in [2.45, 2.75) is 90.6 Å². The molecule has 1 aliphatic heterocycles. The monoisotopic (exact) mass is 475 g/mol. The summed E-state index contributed by atoms with van der Waals surface area (Å²) in [6.45, 7) is 12.0. The predicted molar refractivity (Wildman–Crippen MR) is 143 cm³/mol. The maximum Gasteiger partial charge on any atom is 0.321 e. The van der Waals surface area contributed by atoms with Crippen molar-refractivity contribution in [2.24, 2.45) is 0 Å². The van der Waals surface area contributed by atoms with Gasteiger partial charge < -0.3 is 15.1 Å². The average Bonchev–Trinajstić information content (AvgIpc) is 3.05. The lowest BCUT2D eigenvalue weighted by Gasteiger charge is -2.40. The van der Waals surface area contributed by atoms with E-state index in [1.807, 2.05) is 0 Å². The smallest absolute Gasteiger partial charge is 0.321 e. The van der Waals surface area contributed by atoms with Crippen molar-refractivity contribution in [1.82, 2.24) is 9.80 Å². The number of benzene rings is 2. The van der Waals surface area contributed by atoms with Crippen molar-refractivity contribution >= 4 is 17.6 Å². The Hall–Kier alpha value is -2.82. The topological polar surface area (TPSA) is 52.7 Å². The summed E-state index contributed by atoms with van der Waals surface area (Å²) in [7, 11) is 0. The second-order valence-corrected chi connectivity index (χ2v) is 11.2. The third kappa shape index (κ3) is 5.39. The van der Waals surface area contributed by atoms with Crippen molar-refractivity contribution in [3.8, 4) is 0 Å². The molecule has 5 heteroatoms. The number of hydrogen-bond donors (Lipinski definition) is 1. The zero-order valence-corrected chi connectivity index (χ0v) is 22.1. The summed E-state index contributed by atoms with van der Waals surface area (Å²) in [5, 5.41) is 3.20. The van der Waals surface area contributed by atoms with E-state index in [1.54, 1.807) is 4.90 Å². The molecule has 2 fully saturated rings. The van der Waals surface area contributed by atoms with Crippen molar-refractivity contribution in [3.63, 3.8) is 0 Å². The highest BCUT2D eigenvalue weighted by atomic mass is 16.2. The van der Waals surface area contributed by atoms with Crippen LogP contribution in [0.25, 0.3) is 0 Å². The largest absolute Gasteiger partial charge is 0.324 e. The molecule has 1 heterocycles. The number of rotatable bonds is 7. The number of nitrogens with zero attached hydrogens (tertiary/aromatic N) is 2. The highest BCUT2D eigenvalue weighted by Gasteiger charge is 2.50. The van der Waals surface area contributed by atoms with E-state index in [1.165, 1.54) is 12.0 Å². The molecular weight excluding hydrogens is 434 g/mol. The Morgan fingerprint density at radius 2 is 1.54 bits per heavy atom. The Kier molecular flexibility index (Phi) is 7.53. The van der Waals surface area contributed by atoms with E-state index in [9.17, 15) is 9.59 Å². The third-order valence-corrected chi connectivity index (χ3v) is 7.78. The Bertz CT molecular complexity index is 1030. The quantitative estimate of drug-likeness (QED) is 0.478. The molecule has 1 N–H and O–H groups in total. The van der Waals surface area contributed by atoms with Crippen LogP contribution in [-0.2, 0) is 11.3 Å². The number of nitrogens with one attached hydrogen (secondary N) is 1. The van der Waals surface area contributed by atoms with Gasteiger partial charge in [0.05, 0.1) is 5.54 Å². The predicted octanol–water partition coefficient (Wildman–Crippen LogP) is 6.82. The van der Waals surface area contributed by atoms with Crippen LogP contribution in [0.5, 0.6) is 0 Å². The molecule has 1 spiro atoms. The normalized spacial score (nSPS) is 17.6. The minimum atomic E-state index is -0.167. The Balaban J connectivity index is 1.54. The summed E-state index contributed by atoms with van der Waals surface area (Å²) in [4.78, 5) is 30.8. The minimum absolute atomic E-state index is 0.0103. The molecule has 0 bridgehead atoms. The van der Waals surface area contributed by atoms with E-state index in [0.29, 0.717) is 24.9 Å². The maximum absolute atomic E-state index is 13.7. The van der Waals surface area contributed by atoms with Gasteiger partial charge in [-0.1, -0.05) is 95.0 Å². The molecule has 2 aromatic carbocycles. The summed E-state index contributed by atoms with van der Waals surface area (Å²) in [5.74, 6) is 0.484. The molecule has 1 saturated heterocycles. The highest BCUT2D eigenvalue weighted by molar-refractivity contribution is 5.96. The Morgan fingerprint density at radius 1 is 0.943 bits per heavy atom. The molecule has 35 heavy (non-hydrogen) atoms. The van der Waals surface area contributed by atoms with Crippen LogP contribution in [-0.4, -0.2) is 40.4 Å². The van der Waals surface area contributed by atoms with Crippen molar-refractivity contribution in [3.05, 3.63) is 64.7 Å². The van der Waals surface area contributed by atoms with Crippen LogP contribution in [0.1, 0.15) is 93.9 Å². The van der Waals surface area contributed by atoms with Gasteiger partial charge in [0.25, 0.3) is 0 Å². The molecule has 1 saturated carbocycles. The first-order chi connectivity index (χ1) is 16.7. The van der Waals surface area contributed by atoms with Gasteiger partial charge in [-0.25, -0.2) is 4.79 Å². The van der Waals surface area contributed by atoms with E-state index < -0.39 is 0 Å². The molecule has 4 rings (SSSR count). The summed E-state index contributed by atoms with van der Waals surface area (Å²) < 4.78 is 0. The first kappa shape index (κ1) is 25.3. The van der Waals surface area contributed by atoms with E-state index in [-0.39, 0.29) is 24.0 Å². The molecule has 0 radical (unpaired) electrons. The first-order valence-corrected chi connectivity index (χ1v) is 13.2. The lowest BCUT2D eigenvalue weighted by Crippen LogP contribution is -2.48. The van der Waals surface area contributed by atoms with Gasteiger partial charge in [0.1, 0.15) is 6.54 Å². The number of carbonyl (C=O) groups excluding carboxylic acids is 2. The van der Waals surface area contributed by atoms with E-state index in [0.717, 1.165) is 48.1 Å². The Morgan fingerprint density at radius 3 is 2.11 bits per heavy atom. The second kappa shape index (κ2) is 10.4. The van der Waals surface area contributed by atoms with Crippen molar-refractivity contribution < 1.29 is 9.59 Å². The zero-order valence-electron chi connectivity index (χ0n) is 22.1. The zero-order chi connectivity index (χ0) is 25.2. The minimum Gasteiger partial charge on any atom is -0.324 e. The molecular formula is C30H41N3O2. The van der Waals surface area contributed by atoms with Gasteiger partial charge in [-0.2, -0.15) is 0 Å². The molecule has 0 unspecified atom stereocenters. The number of hydrogen-bond acceptors (Lipinski definition) is 2. The van der Waals surface area contributed by atoms with Gasteiger partial charge in [0.2, 0.25) is 5.91 Å². The van der Waals surface area contributed by atoms with Crippen LogP contribution in [0.4, 0.5) is 10.5 Å². The Labute approximate surface area is 210 Å². The van der Waals surface area contributed by atoms with Gasteiger partial charge in [0.15, 0.2) is 0 Å². The number of para-hydroxylation sites is 1. The fourth-order valence-corrected chi connectivity index (χ4v) is 5.80. The van der Waals surface area contributed by atoms with Crippen molar-refractivity contribution in [1.29, 1.82) is 0 Å². The van der Waals surface area contributed by atoms with Gasteiger partial charge >= 0.3 is 6.03 Å². The highest BCUT2D eigenvalue weighted by Crippen LogP contribution is 2.40. The fourth-order valence-electron chi connectivity index (χ4n) is 5.80. The number of urea groups is 1. The molecule has 3 amide bonds. The number of amides is 3. The van der Waals surface area contributed by atoms with Gasteiger partial charge in [0, 0.05) is 18.8 Å². The molecule has 0 atom stereocenters. The SMILES string of the molecule is Cc1ccc(CN2C(=O)N(CC(=O)Nc3c(C(C)C)cccc3C(C)C)CC23CCCCC3)cc1. The molecule has 0 aromatic heterocycles. The lowest BCUT2D eigenvalue weighted by molar-refractivity contribution is -0.116. The van der Waals surface area contributed by atoms with Crippen LogP contribution in [0.15, 0.2) is 42.5 Å². The standard InChI is InChI=1S/C30H41N3O2/c1-21(2)25-10-9-11-26(22(3)4)28(25)31-27(34)19-32-20-30(16-7-6-8-17-30)33(29(32)35)18-24-14-12-23(5)13-15-24/h9-15,21-22H,6-8,16-20H2,1-5H3,(H,31,34). The van der Waals surface area contributed by atoms with Crippen LogP contribution in [0, 0.1) is 6.92 Å². The number of carbonyl (C=O) groups is 2. The number of anilines is 1. The van der Waals surface area contributed by atoms with E-state index >= 15 is 0 Å². The van der Waals surface area contributed by atoms with Crippen LogP contribution in [0.3, 0.4) is 0 Å². The average molecular weight is 476 g/mol. The summed E-state index contributed by atoms with van der Waals surface area (Å²) >= 11 is 0.